The Morgan fingerprint density at radius 3 is 2.62 bits per heavy atom. The van der Waals surface area contributed by atoms with Gasteiger partial charge in [-0.3, -0.25) is 4.99 Å². The number of aliphatic imine (C=N–C) groups is 1. The first-order valence-corrected chi connectivity index (χ1v) is 5.47. The zero-order valence-corrected chi connectivity index (χ0v) is 10.1. The molecule has 1 heterocycles. The summed E-state index contributed by atoms with van der Waals surface area (Å²) >= 11 is 0. The summed E-state index contributed by atoms with van der Waals surface area (Å²) in [6.45, 7) is 2.31. The molecule has 1 fully saturated rings. The summed E-state index contributed by atoms with van der Waals surface area (Å²) < 4.78 is 5.63. The van der Waals surface area contributed by atoms with Crippen molar-refractivity contribution in [3.05, 3.63) is 0 Å². The standard InChI is InChI=1S/C10H22N4O2/c1-6-9(15)8(14(2)3)4-7(16-6)5-13-10(11)12/h6-9,15H,4-5H2,1-3H3,(H4,11,12,13)/t6-,7-,8?,9?/m0/s1. The van der Waals surface area contributed by atoms with E-state index in [-0.39, 0.29) is 24.2 Å². The summed E-state index contributed by atoms with van der Waals surface area (Å²) in [5.41, 5.74) is 10.6. The molecule has 1 aliphatic rings. The molecule has 0 aliphatic carbocycles. The minimum absolute atomic E-state index is 0.0344. The third kappa shape index (κ3) is 3.33. The smallest absolute Gasteiger partial charge is 0.185 e. The molecule has 0 spiro atoms. The van der Waals surface area contributed by atoms with Crippen LogP contribution < -0.4 is 11.5 Å². The average molecular weight is 230 g/mol. The van der Waals surface area contributed by atoms with Crippen LogP contribution in [0.15, 0.2) is 4.99 Å². The molecule has 0 bridgehead atoms. The number of nitrogens with zero attached hydrogens (tertiary/aromatic N) is 2. The van der Waals surface area contributed by atoms with Crippen molar-refractivity contribution in [2.45, 2.75) is 37.7 Å². The summed E-state index contributed by atoms with van der Waals surface area (Å²) in [6.07, 6.45) is 0.0358. The van der Waals surface area contributed by atoms with E-state index in [0.29, 0.717) is 6.54 Å². The van der Waals surface area contributed by atoms with Crippen molar-refractivity contribution >= 4 is 5.96 Å². The summed E-state index contributed by atoms with van der Waals surface area (Å²) in [7, 11) is 3.90. The van der Waals surface area contributed by atoms with Crippen LogP contribution in [0.5, 0.6) is 0 Å². The maximum atomic E-state index is 9.95. The van der Waals surface area contributed by atoms with Crippen LogP contribution in [-0.2, 0) is 4.74 Å². The number of guanidine groups is 1. The van der Waals surface area contributed by atoms with Gasteiger partial charge >= 0.3 is 0 Å². The molecule has 1 rings (SSSR count). The second-order valence-electron chi connectivity index (χ2n) is 4.49. The Morgan fingerprint density at radius 2 is 2.12 bits per heavy atom. The van der Waals surface area contributed by atoms with Gasteiger partial charge in [0.1, 0.15) is 0 Å². The normalized spacial score (nSPS) is 35.1. The van der Waals surface area contributed by atoms with Crippen LogP contribution in [0.1, 0.15) is 13.3 Å². The Hall–Kier alpha value is -0.850. The van der Waals surface area contributed by atoms with Crippen molar-refractivity contribution in [1.82, 2.24) is 4.90 Å². The van der Waals surface area contributed by atoms with Gasteiger partial charge in [-0.05, 0) is 27.4 Å². The van der Waals surface area contributed by atoms with Gasteiger partial charge in [-0.2, -0.15) is 0 Å². The molecule has 6 heteroatoms. The number of rotatable bonds is 3. The molecule has 0 saturated carbocycles. The van der Waals surface area contributed by atoms with E-state index in [2.05, 4.69) is 4.99 Å². The third-order valence-electron chi connectivity index (χ3n) is 2.93. The first-order chi connectivity index (χ1) is 7.41. The molecule has 0 aromatic carbocycles. The van der Waals surface area contributed by atoms with E-state index >= 15 is 0 Å². The van der Waals surface area contributed by atoms with Gasteiger partial charge in [0.15, 0.2) is 5.96 Å². The van der Waals surface area contributed by atoms with Gasteiger partial charge in [0, 0.05) is 6.04 Å². The lowest BCUT2D eigenvalue weighted by molar-refractivity contribution is -0.136. The number of aliphatic hydroxyl groups excluding tert-OH is 1. The molecule has 0 amide bonds. The van der Waals surface area contributed by atoms with Gasteiger partial charge in [-0.1, -0.05) is 0 Å². The number of likely N-dealkylation sites (N-methyl/N-ethyl adjacent to an activating group) is 1. The van der Waals surface area contributed by atoms with Gasteiger partial charge in [0.05, 0.1) is 24.9 Å². The van der Waals surface area contributed by atoms with E-state index in [4.69, 9.17) is 16.2 Å². The summed E-state index contributed by atoms with van der Waals surface area (Å²) in [5, 5.41) is 9.95. The SMILES string of the molecule is C[C@@H]1O[C@H](CN=C(N)N)CC(N(C)C)C1O. The molecule has 94 valence electrons. The van der Waals surface area contributed by atoms with E-state index in [1.165, 1.54) is 0 Å². The van der Waals surface area contributed by atoms with E-state index in [1.54, 1.807) is 0 Å². The minimum atomic E-state index is -0.467. The molecular weight excluding hydrogens is 208 g/mol. The molecule has 6 nitrogen and oxygen atoms in total. The predicted octanol–water partition coefficient (Wildman–Crippen LogP) is -1.27. The second-order valence-corrected chi connectivity index (χ2v) is 4.49. The van der Waals surface area contributed by atoms with Gasteiger partial charge in [-0.25, -0.2) is 0 Å². The maximum absolute atomic E-state index is 9.95. The number of hydrogen-bond donors (Lipinski definition) is 3. The highest BCUT2D eigenvalue weighted by Gasteiger charge is 2.36. The molecule has 5 N–H and O–H groups in total. The second kappa shape index (κ2) is 5.47. The lowest BCUT2D eigenvalue weighted by atomic mass is 9.95. The van der Waals surface area contributed by atoms with E-state index in [9.17, 15) is 5.11 Å². The molecule has 1 saturated heterocycles. The third-order valence-corrected chi connectivity index (χ3v) is 2.93. The van der Waals surface area contributed by atoms with Gasteiger partial charge in [-0.15, -0.1) is 0 Å². The first kappa shape index (κ1) is 13.2. The Bertz CT molecular complexity index is 253. The maximum Gasteiger partial charge on any atom is 0.185 e. The fourth-order valence-corrected chi connectivity index (χ4v) is 2.00. The van der Waals surface area contributed by atoms with Crippen LogP contribution >= 0.6 is 0 Å². The van der Waals surface area contributed by atoms with Crippen LogP contribution in [0.4, 0.5) is 0 Å². The lowest BCUT2D eigenvalue weighted by Crippen LogP contribution is -2.53. The predicted molar refractivity (Wildman–Crippen MR) is 63.1 cm³/mol. The van der Waals surface area contributed by atoms with Crippen LogP contribution in [0.25, 0.3) is 0 Å². The Balaban J connectivity index is 2.60. The molecule has 2 unspecified atom stereocenters. The zero-order valence-electron chi connectivity index (χ0n) is 10.1. The zero-order chi connectivity index (χ0) is 12.3. The highest BCUT2D eigenvalue weighted by Crippen LogP contribution is 2.23. The molecule has 0 radical (unpaired) electrons. The highest BCUT2D eigenvalue weighted by molar-refractivity contribution is 5.75. The van der Waals surface area contributed by atoms with Gasteiger partial charge < -0.3 is 26.2 Å². The van der Waals surface area contributed by atoms with Gasteiger partial charge in [0.2, 0.25) is 0 Å². The molecule has 4 atom stereocenters. The molecule has 1 aliphatic heterocycles. The van der Waals surface area contributed by atoms with Crippen molar-refractivity contribution in [2.75, 3.05) is 20.6 Å². The minimum Gasteiger partial charge on any atom is -0.389 e. The van der Waals surface area contributed by atoms with Crippen molar-refractivity contribution in [2.24, 2.45) is 16.5 Å². The highest BCUT2D eigenvalue weighted by atomic mass is 16.5. The van der Waals surface area contributed by atoms with Crippen LogP contribution in [0.3, 0.4) is 0 Å². The van der Waals surface area contributed by atoms with E-state index < -0.39 is 6.10 Å². The molecule has 0 aromatic rings. The molecule has 16 heavy (non-hydrogen) atoms. The monoisotopic (exact) mass is 230 g/mol. The van der Waals surface area contributed by atoms with Crippen LogP contribution in [0.2, 0.25) is 0 Å². The van der Waals surface area contributed by atoms with E-state index in [1.807, 2.05) is 25.9 Å². The number of nitrogens with two attached hydrogens (primary N) is 2. The number of ether oxygens (including phenoxy) is 1. The quantitative estimate of drug-likeness (QED) is 0.415. The molecule has 0 aromatic heterocycles. The fourth-order valence-electron chi connectivity index (χ4n) is 2.00. The molecular formula is C10H22N4O2. The largest absolute Gasteiger partial charge is 0.389 e. The topological polar surface area (TPSA) is 97.1 Å². The number of aliphatic hydroxyl groups is 1. The van der Waals surface area contributed by atoms with Gasteiger partial charge in [0.25, 0.3) is 0 Å². The number of hydrogen-bond acceptors (Lipinski definition) is 4. The van der Waals surface area contributed by atoms with Crippen LogP contribution in [-0.4, -0.2) is 61.0 Å². The Kier molecular flexibility index (Phi) is 4.52. The van der Waals surface area contributed by atoms with Crippen molar-refractivity contribution in [3.63, 3.8) is 0 Å². The summed E-state index contributed by atoms with van der Waals surface area (Å²) in [6, 6.07) is 0.0861. The van der Waals surface area contributed by atoms with Crippen molar-refractivity contribution < 1.29 is 9.84 Å². The first-order valence-electron chi connectivity index (χ1n) is 5.47. The van der Waals surface area contributed by atoms with Crippen LogP contribution in [0, 0.1) is 0 Å². The summed E-state index contributed by atoms with van der Waals surface area (Å²) in [5.74, 6) is 0.0729. The fraction of sp³-hybridized carbons (Fsp3) is 0.900. The lowest BCUT2D eigenvalue weighted by Gasteiger charge is -2.40. The Morgan fingerprint density at radius 1 is 1.50 bits per heavy atom. The Labute approximate surface area is 96.3 Å². The average Bonchev–Trinajstić information content (AvgIpc) is 2.19. The summed E-state index contributed by atoms with van der Waals surface area (Å²) in [4.78, 5) is 5.95. The van der Waals surface area contributed by atoms with E-state index in [0.717, 1.165) is 6.42 Å². The van der Waals surface area contributed by atoms with Crippen molar-refractivity contribution in [3.8, 4) is 0 Å². The van der Waals surface area contributed by atoms with Crippen molar-refractivity contribution in [1.29, 1.82) is 0 Å².